The summed E-state index contributed by atoms with van der Waals surface area (Å²) in [5, 5.41) is 0. The van der Waals surface area contributed by atoms with Gasteiger partial charge in [-0.15, -0.1) is 0 Å². The Morgan fingerprint density at radius 1 is 1.00 bits per heavy atom. The zero-order valence-corrected chi connectivity index (χ0v) is 11.9. The molecule has 1 unspecified atom stereocenters. The average molecular weight is 234 g/mol. The van der Waals surface area contributed by atoms with Crippen molar-refractivity contribution < 1.29 is 0 Å². The topological polar surface area (TPSA) is 0 Å². The van der Waals surface area contributed by atoms with Crippen molar-refractivity contribution in [1.82, 2.24) is 0 Å². The first-order valence-corrected chi connectivity index (χ1v) is 8.01. The molecule has 0 bridgehead atoms. The second kappa shape index (κ2) is 6.61. The zero-order chi connectivity index (χ0) is 12.1. The van der Waals surface area contributed by atoms with Crippen LogP contribution >= 0.6 is 0 Å². The summed E-state index contributed by atoms with van der Waals surface area (Å²) >= 11 is 0. The first-order chi connectivity index (χ1) is 8.33. The van der Waals surface area contributed by atoms with Gasteiger partial charge in [-0.05, 0) is 56.3 Å². The maximum absolute atomic E-state index is 2.56. The van der Waals surface area contributed by atoms with E-state index in [1.54, 1.807) is 5.57 Å². The molecule has 0 aromatic carbocycles. The summed E-state index contributed by atoms with van der Waals surface area (Å²) in [5.41, 5.74) is 1.72. The third kappa shape index (κ3) is 3.60. The maximum atomic E-state index is 2.56. The van der Waals surface area contributed by atoms with Gasteiger partial charge in [-0.1, -0.05) is 51.2 Å². The van der Waals surface area contributed by atoms with Crippen LogP contribution in [0.4, 0.5) is 0 Å². The summed E-state index contributed by atoms with van der Waals surface area (Å²) in [6, 6.07) is 0. The predicted octanol–water partition coefficient (Wildman–Crippen LogP) is 5.73. The smallest absolute Gasteiger partial charge is 0.0317 e. The van der Waals surface area contributed by atoms with Gasteiger partial charge < -0.3 is 0 Å². The molecule has 2 rings (SSSR count). The van der Waals surface area contributed by atoms with E-state index in [-0.39, 0.29) is 0 Å². The highest BCUT2D eigenvalue weighted by atomic mass is 14.3. The van der Waals surface area contributed by atoms with Crippen LogP contribution in [-0.4, -0.2) is 0 Å². The van der Waals surface area contributed by atoms with E-state index in [0.717, 1.165) is 17.8 Å². The van der Waals surface area contributed by atoms with Crippen LogP contribution in [0.5, 0.6) is 0 Å². The van der Waals surface area contributed by atoms with Gasteiger partial charge >= 0.3 is 0 Å². The molecular weight excluding hydrogens is 204 g/mol. The lowest BCUT2D eigenvalue weighted by atomic mass is 9.70. The highest BCUT2D eigenvalue weighted by Gasteiger charge is 2.27. The minimum absolute atomic E-state index is 1.04. The largest absolute Gasteiger partial charge is 0.0851 e. The van der Waals surface area contributed by atoms with Crippen LogP contribution in [0.15, 0.2) is 11.6 Å². The molecule has 0 amide bonds. The molecule has 1 saturated carbocycles. The van der Waals surface area contributed by atoms with Crippen molar-refractivity contribution in [2.75, 3.05) is 0 Å². The summed E-state index contributed by atoms with van der Waals surface area (Å²) in [5.74, 6) is 3.17. The van der Waals surface area contributed by atoms with Crippen LogP contribution in [0.3, 0.4) is 0 Å². The molecule has 0 aromatic heterocycles. The van der Waals surface area contributed by atoms with Crippen molar-refractivity contribution in [3.8, 4) is 0 Å². The minimum Gasteiger partial charge on any atom is -0.0851 e. The molecule has 98 valence electrons. The van der Waals surface area contributed by atoms with Crippen molar-refractivity contribution in [2.45, 2.75) is 78.1 Å². The Balaban J connectivity index is 1.76. The van der Waals surface area contributed by atoms with E-state index in [4.69, 9.17) is 0 Å². The van der Waals surface area contributed by atoms with Gasteiger partial charge in [-0.25, -0.2) is 0 Å². The number of allylic oxidation sites excluding steroid dienone is 2. The molecule has 2 aliphatic rings. The summed E-state index contributed by atoms with van der Waals surface area (Å²) < 4.78 is 0. The second-order valence-corrected chi connectivity index (χ2v) is 6.32. The molecule has 2 aliphatic carbocycles. The molecule has 0 nitrogen and oxygen atoms in total. The second-order valence-electron chi connectivity index (χ2n) is 6.32. The maximum Gasteiger partial charge on any atom is -0.0317 e. The highest BCUT2D eigenvalue weighted by Crippen LogP contribution is 2.40. The van der Waals surface area contributed by atoms with Crippen molar-refractivity contribution in [3.05, 3.63) is 11.6 Å². The molecule has 0 aromatic rings. The Labute approximate surface area is 108 Å². The minimum atomic E-state index is 1.04. The van der Waals surface area contributed by atoms with Gasteiger partial charge in [0.05, 0.1) is 0 Å². The molecule has 0 aliphatic heterocycles. The van der Waals surface area contributed by atoms with E-state index in [9.17, 15) is 0 Å². The van der Waals surface area contributed by atoms with Crippen LogP contribution in [-0.2, 0) is 0 Å². The molecule has 1 fully saturated rings. The SMILES string of the molecule is CCCC1CCC(C2CC=C(CC)CC2)CC1. The fraction of sp³-hybridized carbons (Fsp3) is 0.882. The van der Waals surface area contributed by atoms with Gasteiger partial charge in [0.1, 0.15) is 0 Å². The highest BCUT2D eigenvalue weighted by molar-refractivity contribution is 5.06. The molecule has 0 heteroatoms. The van der Waals surface area contributed by atoms with Crippen LogP contribution < -0.4 is 0 Å². The Morgan fingerprint density at radius 3 is 2.29 bits per heavy atom. The van der Waals surface area contributed by atoms with Crippen LogP contribution in [0.2, 0.25) is 0 Å². The predicted molar refractivity (Wildman–Crippen MR) is 76.1 cm³/mol. The lowest BCUT2D eigenvalue weighted by Crippen LogP contribution is -2.23. The molecule has 17 heavy (non-hydrogen) atoms. The Kier molecular flexibility index (Phi) is 5.13. The van der Waals surface area contributed by atoms with Gasteiger partial charge in [0.2, 0.25) is 0 Å². The lowest BCUT2D eigenvalue weighted by molar-refractivity contribution is 0.186. The Bertz CT molecular complexity index is 243. The van der Waals surface area contributed by atoms with Crippen molar-refractivity contribution in [3.63, 3.8) is 0 Å². The first kappa shape index (κ1) is 13.2. The van der Waals surface area contributed by atoms with Crippen molar-refractivity contribution in [2.24, 2.45) is 17.8 Å². The zero-order valence-electron chi connectivity index (χ0n) is 11.9. The van der Waals surface area contributed by atoms with Crippen LogP contribution in [0.25, 0.3) is 0 Å². The third-order valence-corrected chi connectivity index (χ3v) is 5.25. The Hall–Kier alpha value is -0.260. The molecular formula is C17H30. The summed E-state index contributed by atoms with van der Waals surface area (Å²) in [7, 11) is 0. The third-order valence-electron chi connectivity index (χ3n) is 5.25. The Morgan fingerprint density at radius 2 is 1.76 bits per heavy atom. The quantitative estimate of drug-likeness (QED) is 0.545. The van der Waals surface area contributed by atoms with Crippen LogP contribution in [0.1, 0.15) is 78.1 Å². The van der Waals surface area contributed by atoms with E-state index in [1.165, 1.54) is 64.2 Å². The van der Waals surface area contributed by atoms with E-state index < -0.39 is 0 Å². The first-order valence-electron chi connectivity index (χ1n) is 8.01. The molecule has 0 spiro atoms. The summed E-state index contributed by atoms with van der Waals surface area (Å²) in [6.07, 6.45) is 17.1. The standard InChI is InChI=1S/C17H30/c1-3-5-15-8-12-17(13-9-15)16-10-6-14(4-2)7-11-16/h6,15-17H,3-5,7-13H2,1-2H3. The van der Waals surface area contributed by atoms with Gasteiger partial charge in [-0.2, -0.15) is 0 Å². The van der Waals surface area contributed by atoms with E-state index in [2.05, 4.69) is 19.9 Å². The number of hydrogen-bond acceptors (Lipinski definition) is 0. The van der Waals surface area contributed by atoms with Crippen molar-refractivity contribution >= 4 is 0 Å². The lowest BCUT2D eigenvalue weighted by Gasteiger charge is -2.35. The van der Waals surface area contributed by atoms with Crippen molar-refractivity contribution in [1.29, 1.82) is 0 Å². The van der Waals surface area contributed by atoms with Gasteiger partial charge in [0.15, 0.2) is 0 Å². The molecule has 0 radical (unpaired) electrons. The monoisotopic (exact) mass is 234 g/mol. The fourth-order valence-corrected chi connectivity index (χ4v) is 4.01. The summed E-state index contributed by atoms with van der Waals surface area (Å²) in [4.78, 5) is 0. The number of hydrogen-bond donors (Lipinski definition) is 0. The summed E-state index contributed by atoms with van der Waals surface area (Å²) in [6.45, 7) is 4.65. The van der Waals surface area contributed by atoms with E-state index in [0.29, 0.717) is 0 Å². The van der Waals surface area contributed by atoms with E-state index >= 15 is 0 Å². The van der Waals surface area contributed by atoms with Gasteiger partial charge in [0.25, 0.3) is 0 Å². The fourth-order valence-electron chi connectivity index (χ4n) is 4.01. The average Bonchev–Trinajstić information content (AvgIpc) is 2.40. The number of rotatable bonds is 4. The molecule has 0 saturated heterocycles. The van der Waals surface area contributed by atoms with E-state index in [1.807, 2.05) is 0 Å². The van der Waals surface area contributed by atoms with Gasteiger partial charge in [-0.3, -0.25) is 0 Å². The van der Waals surface area contributed by atoms with Crippen LogP contribution in [0, 0.1) is 17.8 Å². The van der Waals surface area contributed by atoms with Gasteiger partial charge in [0, 0.05) is 0 Å². The molecule has 0 heterocycles. The normalized spacial score (nSPS) is 34.5. The molecule has 1 atom stereocenters. The molecule has 0 N–H and O–H groups in total.